The summed E-state index contributed by atoms with van der Waals surface area (Å²) in [4.78, 5) is 24.5. The minimum Gasteiger partial charge on any atom is -0.484 e. The van der Waals surface area contributed by atoms with Crippen molar-refractivity contribution in [2.75, 3.05) is 11.9 Å². The molecule has 1 N–H and O–H groups in total. The molecule has 134 valence electrons. The maximum Gasteiger partial charge on any atom is 0.263 e. The van der Waals surface area contributed by atoms with E-state index in [1.165, 1.54) is 11.9 Å². The number of imidazole rings is 1. The summed E-state index contributed by atoms with van der Waals surface area (Å²) in [6.07, 6.45) is 4.89. The Kier molecular flexibility index (Phi) is 5.26. The van der Waals surface area contributed by atoms with Crippen molar-refractivity contribution in [3.63, 3.8) is 0 Å². The van der Waals surface area contributed by atoms with Crippen LogP contribution in [-0.2, 0) is 4.79 Å². The van der Waals surface area contributed by atoms with Crippen molar-refractivity contribution in [3.05, 3.63) is 60.4 Å². The highest BCUT2D eigenvalue weighted by molar-refractivity contribution is 5.91. The first kappa shape index (κ1) is 17.6. The smallest absolute Gasteiger partial charge is 0.263 e. The number of hydrogen-bond acceptors (Lipinski definition) is 5. The highest BCUT2D eigenvalue weighted by atomic mass is 16.5. The standard InChI is InChI=1S/C19H21N5O2/c1-13(2)15-4-6-16(7-5-15)26-11-19(25)23-17-10-18(22-12-21-17)24-9-8-20-14(24)3/h4-10,12-13H,11H2,1-3H3,(H,21,22,23,25). The fourth-order valence-electron chi connectivity index (χ4n) is 2.44. The minimum atomic E-state index is -0.287. The van der Waals surface area contributed by atoms with Gasteiger partial charge in [0.2, 0.25) is 0 Å². The highest BCUT2D eigenvalue weighted by Crippen LogP contribution is 2.18. The van der Waals surface area contributed by atoms with Crippen LogP contribution >= 0.6 is 0 Å². The third kappa shape index (κ3) is 4.24. The fraction of sp³-hybridized carbons (Fsp3) is 0.263. The minimum absolute atomic E-state index is 0.0928. The van der Waals surface area contributed by atoms with Crippen molar-refractivity contribution < 1.29 is 9.53 Å². The van der Waals surface area contributed by atoms with Crippen LogP contribution in [0.4, 0.5) is 5.82 Å². The van der Waals surface area contributed by atoms with E-state index in [0.29, 0.717) is 23.3 Å². The first-order valence-electron chi connectivity index (χ1n) is 8.38. The number of nitrogens with zero attached hydrogens (tertiary/aromatic N) is 4. The third-order valence-corrected chi connectivity index (χ3v) is 3.91. The molecule has 3 rings (SSSR count). The largest absolute Gasteiger partial charge is 0.484 e. The van der Waals surface area contributed by atoms with Crippen LogP contribution in [0.1, 0.15) is 31.2 Å². The third-order valence-electron chi connectivity index (χ3n) is 3.91. The van der Waals surface area contributed by atoms with Gasteiger partial charge in [0.25, 0.3) is 5.91 Å². The average Bonchev–Trinajstić information content (AvgIpc) is 3.06. The van der Waals surface area contributed by atoms with Gasteiger partial charge in [-0.3, -0.25) is 9.36 Å². The molecule has 1 aromatic carbocycles. The number of carbonyl (C=O) groups is 1. The van der Waals surface area contributed by atoms with Gasteiger partial charge in [0.15, 0.2) is 6.61 Å². The van der Waals surface area contributed by atoms with Crippen molar-refractivity contribution >= 4 is 11.7 Å². The summed E-state index contributed by atoms with van der Waals surface area (Å²) in [5.41, 5.74) is 1.23. The summed E-state index contributed by atoms with van der Waals surface area (Å²) in [5.74, 6) is 2.67. The second-order valence-electron chi connectivity index (χ2n) is 6.17. The van der Waals surface area contributed by atoms with E-state index in [-0.39, 0.29) is 12.5 Å². The van der Waals surface area contributed by atoms with E-state index in [2.05, 4.69) is 34.1 Å². The lowest BCUT2D eigenvalue weighted by Crippen LogP contribution is -2.21. The van der Waals surface area contributed by atoms with Crippen LogP contribution < -0.4 is 10.1 Å². The van der Waals surface area contributed by atoms with E-state index in [1.54, 1.807) is 18.5 Å². The number of hydrogen-bond donors (Lipinski definition) is 1. The Morgan fingerprint density at radius 1 is 1.19 bits per heavy atom. The van der Waals surface area contributed by atoms with Gasteiger partial charge in [-0.2, -0.15) is 0 Å². The van der Waals surface area contributed by atoms with E-state index < -0.39 is 0 Å². The number of carbonyl (C=O) groups excluding carboxylic acids is 1. The second-order valence-corrected chi connectivity index (χ2v) is 6.17. The molecule has 0 spiro atoms. The first-order chi connectivity index (χ1) is 12.5. The van der Waals surface area contributed by atoms with Gasteiger partial charge in [0.05, 0.1) is 0 Å². The van der Waals surface area contributed by atoms with Crippen LogP contribution in [0.15, 0.2) is 49.1 Å². The number of benzene rings is 1. The number of rotatable bonds is 6. The number of anilines is 1. The zero-order valence-corrected chi connectivity index (χ0v) is 15.0. The van der Waals surface area contributed by atoms with E-state index in [0.717, 1.165) is 5.82 Å². The van der Waals surface area contributed by atoms with Gasteiger partial charge in [-0.05, 0) is 30.5 Å². The van der Waals surface area contributed by atoms with Crippen LogP contribution in [0.25, 0.3) is 5.82 Å². The van der Waals surface area contributed by atoms with Gasteiger partial charge < -0.3 is 10.1 Å². The molecular formula is C19H21N5O2. The topological polar surface area (TPSA) is 81.9 Å². The molecule has 0 aliphatic rings. The van der Waals surface area contributed by atoms with Gasteiger partial charge in [0.1, 0.15) is 29.5 Å². The molecule has 1 amide bonds. The predicted octanol–water partition coefficient (Wildman–Crippen LogP) is 3.11. The molecule has 7 nitrogen and oxygen atoms in total. The Hall–Kier alpha value is -3.22. The number of aromatic nitrogens is 4. The van der Waals surface area contributed by atoms with Crippen LogP contribution in [-0.4, -0.2) is 32.0 Å². The molecule has 7 heteroatoms. The van der Waals surface area contributed by atoms with Crippen molar-refractivity contribution in [2.24, 2.45) is 0 Å². The summed E-state index contributed by atoms with van der Waals surface area (Å²) in [6, 6.07) is 9.43. The Morgan fingerprint density at radius 2 is 1.96 bits per heavy atom. The molecule has 3 aromatic rings. The normalized spacial score (nSPS) is 10.8. The fourth-order valence-corrected chi connectivity index (χ4v) is 2.44. The lowest BCUT2D eigenvalue weighted by atomic mass is 10.0. The van der Waals surface area contributed by atoms with E-state index in [4.69, 9.17) is 4.74 Å². The Bertz CT molecular complexity index is 887. The molecule has 0 unspecified atom stereocenters. The lowest BCUT2D eigenvalue weighted by Gasteiger charge is -2.10. The molecule has 0 fully saturated rings. The molecule has 0 atom stereocenters. The van der Waals surface area contributed by atoms with E-state index >= 15 is 0 Å². The molecule has 0 saturated heterocycles. The summed E-state index contributed by atoms with van der Waals surface area (Å²) in [6.45, 7) is 6.04. The summed E-state index contributed by atoms with van der Waals surface area (Å²) in [7, 11) is 0. The Balaban J connectivity index is 1.59. The molecular weight excluding hydrogens is 330 g/mol. The zero-order chi connectivity index (χ0) is 18.5. The Morgan fingerprint density at radius 3 is 2.62 bits per heavy atom. The van der Waals surface area contributed by atoms with Crippen molar-refractivity contribution in [1.29, 1.82) is 0 Å². The number of ether oxygens (including phenoxy) is 1. The Labute approximate surface area is 152 Å². The summed E-state index contributed by atoms with van der Waals surface area (Å²) < 4.78 is 7.34. The van der Waals surface area contributed by atoms with Gasteiger partial charge in [0, 0.05) is 18.5 Å². The highest BCUT2D eigenvalue weighted by Gasteiger charge is 2.08. The van der Waals surface area contributed by atoms with Crippen LogP contribution in [0, 0.1) is 6.92 Å². The first-order valence-corrected chi connectivity index (χ1v) is 8.38. The predicted molar refractivity (Wildman–Crippen MR) is 98.5 cm³/mol. The summed E-state index contributed by atoms with van der Waals surface area (Å²) >= 11 is 0. The quantitative estimate of drug-likeness (QED) is 0.738. The molecule has 0 radical (unpaired) electrons. The SMILES string of the molecule is Cc1nccn1-c1cc(NC(=O)COc2ccc(C(C)C)cc2)ncn1. The van der Waals surface area contributed by atoms with Gasteiger partial charge in [-0.25, -0.2) is 15.0 Å². The van der Waals surface area contributed by atoms with E-state index in [9.17, 15) is 4.79 Å². The monoisotopic (exact) mass is 351 g/mol. The van der Waals surface area contributed by atoms with Crippen LogP contribution in [0.2, 0.25) is 0 Å². The maximum atomic E-state index is 12.1. The number of nitrogens with one attached hydrogen (secondary N) is 1. The molecule has 26 heavy (non-hydrogen) atoms. The maximum absolute atomic E-state index is 12.1. The molecule has 2 aromatic heterocycles. The van der Waals surface area contributed by atoms with Gasteiger partial charge in [-0.15, -0.1) is 0 Å². The van der Waals surface area contributed by atoms with Crippen molar-refractivity contribution in [3.8, 4) is 11.6 Å². The van der Waals surface area contributed by atoms with Gasteiger partial charge in [-0.1, -0.05) is 26.0 Å². The molecule has 0 saturated carbocycles. The molecule has 2 heterocycles. The number of amides is 1. The van der Waals surface area contributed by atoms with Crippen molar-refractivity contribution in [1.82, 2.24) is 19.5 Å². The lowest BCUT2D eigenvalue weighted by molar-refractivity contribution is -0.118. The van der Waals surface area contributed by atoms with Gasteiger partial charge >= 0.3 is 0 Å². The molecule has 0 bridgehead atoms. The number of aryl methyl sites for hydroxylation is 1. The average molecular weight is 351 g/mol. The zero-order valence-electron chi connectivity index (χ0n) is 15.0. The summed E-state index contributed by atoms with van der Waals surface area (Å²) in [5, 5.41) is 2.71. The van der Waals surface area contributed by atoms with Crippen LogP contribution in [0.3, 0.4) is 0 Å². The second kappa shape index (κ2) is 7.77. The molecule has 0 aliphatic carbocycles. The van der Waals surface area contributed by atoms with Crippen LogP contribution in [0.5, 0.6) is 5.75 Å². The van der Waals surface area contributed by atoms with E-state index in [1.807, 2.05) is 35.8 Å². The molecule has 0 aliphatic heterocycles. The van der Waals surface area contributed by atoms with Crippen molar-refractivity contribution in [2.45, 2.75) is 26.7 Å².